The van der Waals surface area contributed by atoms with Crippen LogP contribution in [0.15, 0.2) is 18.2 Å². The van der Waals surface area contributed by atoms with Gasteiger partial charge in [0.15, 0.2) is 0 Å². The second-order valence-electron chi connectivity index (χ2n) is 8.19. The van der Waals surface area contributed by atoms with Gasteiger partial charge in [-0.3, -0.25) is 9.69 Å². The lowest BCUT2D eigenvalue weighted by Gasteiger charge is -2.44. The molecule has 4 fully saturated rings. The van der Waals surface area contributed by atoms with Gasteiger partial charge in [0.1, 0.15) is 29.6 Å². The maximum Gasteiger partial charge on any atom is 0.417 e. The van der Waals surface area contributed by atoms with Crippen molar-refractivity contribution < 1.29 is 37.7 Å². The van der Waals surface area contributed by atoms with Crippen molar-refractivity contribution >= 4 is 11.6 Å². The number of rotatable bonds is 1. The van der Waals surface area contributed by atoms with Gasteiger partial charge in [0.2, 0.25) is 5.91 Å². The van der Waals surface area contributed by atoms with Gasteiger partial charge >= 0.3 is 6.18 Å². The van der Waals surface area contributed by atoms with Gasteiger partial charge in [-0.25, -0.2) is 0 Å². The van der Waals surface area contributed by atoms with E-state index in [1.54, 1.807) is 0 Å². The van der Waals surface area contributed by atoms with Crippen LogP contribution in [0.25, 0.3) is 0 Å². The molecule has 29 heavy (non-hydrogen) atoms. The summed E-state index contributed by atoms with van der Waals surface area (Å²) in [6, 6.07) is 4.57. The fourth-order valence-electron chi connectivity index (χ4n) is 5.67. The highest BCUT2D eigenvalue weighted by Gasteiger charge is 2.81. The summed E-state index contributed by atoms with van der Waals surface area (Å²) < 4.78 is 52.0. The van der Waals surface area contributed by atoms with E-state index in [0.29, 0.717) is 0 Å². The van der Waals surface area contributed by atoms with Crippen LogP contribution in [0.3, 0.4) is 0 Å². The van der Waals surface area contributed by atoms with Gasteiger partial charge in [-0.05, 0) is 25.1 Å². The smallest absolute Gasteiger partial charge is 0.387 e. The highest BCUT2D eigenvalue weighted by molar-refractivity contribution is 6.00. The van der Waals surface area contributed by atoms with E-state index in [1.807, 2.05) is 0 Å². The van der Waals surface area contributed by atoms with E-state index in [1.165, 1.54) is 19.1 Å². The monoisotopic (exact) mass is 410 g/mol. The molecule has 1 aromatic rings. The number of anilines is 1. The molecule has 2 bridgehead atoms. The summed E-state index contributed by atoms with van der Waals surface area (Å²) in [7, 11) is 0. The van der Waals surface area contributed by atoms with Crippen LogP contribution in [-0.2, 0) is 20.4 Å². The number of aliphatic hydroxyl groups excluding tert-OH is 2. The number of alkyl halides is 3. The van der Waals surface area contributed by atoms with Crippen molar-refractivity contribution in [2.24, 2.45) is 11.8 Å². The van der Waals surface area contributed by atoms with E-state index < -0.39 is 64.7 Å². The SMILES string of the molecule is CC12OC3(CCO[C@H]4[C@@H]3[C@@H]1C(=O)N4c1ccc(C#N)c(C(F)(F)F)c1)[C@@H](O)[C@H]2O. The molecule has 1 aromatic carbocycles. The van der Waals surface area contributed by atoms with Gasteiger partial charge in [-0.1, -0.05) is 0 Å². The first kappa shape index (κ1) is 18.8. The summed E-state index contributed by atoms with van der Waals surface area (Å²) in [4.78, 5) is 14.5. The lowest BCUT2D eigenvalue weighted by atomic mass is 9.63. The predicted octanol–water partition coefficient (Wildman–Crippen LogP) is 1.17. The second-order valence-corrected chi connectivity index (χ2v) is 8.19. The molecule has 7 nitrogen and oxygen atoms in total. The molecule has 0 radical (unpaired) electrons. The second kappa shape index (κ2) is 5.49. The number of aliphatic hydroxyl groups is 2. The molecule has 4 heterocycles. The van der Waals surface area contributed by atoms with Gasteiger partial charge < -0.3 is 19.7 Å². The van der Waals surface area contributed by atoms with Crippen LogP contribution in [0, 0.1) is 23.2 Å². The molecule has 4 aliphatic rings. The molecule has 1 amide bonds. The van der Waals surface area contributed by atoms with E-state index in [0.717, 1.165) is 17.0 Å². The molecule has 2 unspecified atom stereocenters. The fraction of sp³-hybridized carbons (Fsp3) is 0.579. The van der Waals surface area contributed by atoms with Crippen LogP contribution in [0.2, 0.25) is 0 Å². The van der Waals surface area contributed by atoms with E-state index in [4.69, 9.17) is 14.7 Å². The number of carbonyl (C=O) groups is 1. The number of carbonyl (C=O) groups excluding carboxylic acids is 1. The number of amides is 1. The lowest BCUT2D eigenvalue weighted by molar-refractivity contribution is -0.165. The van der Waals surface area contributed by atoms with Crippen molar-refractivity contribution in [3.8, 4) is 6.07 Å². The normalized spacial score (nSPS) is 42.9. The molecule has 2 N–H and O–H groups in total. The predicted molar refractivity (Wildman–Crippen MR) is 89.2 cm³/mol. The first-order valence-electron chi connectivity index (χ1n) is 9.18. The Morgan fingerprint density at radius 1 is 1.31 bits per heavy atom. The van der Waals surface area contributed by atoms with Crippen molar-refractivity contribution in [1.82, 2.24) is 0 Å². The van der Waals surface area contributed by atoms with E-state index >= 15 is 0 Å². The Kier molecular flexibility index (Phi) is 3.56. The third-order valence-corrected chi connectivity index (χ3v) is 6.89. The average molecular weight is 410 g/mol. The summed E-state index contributed by atoms with van der Waals surface area (Å²) in [5.74, 6) is -2.02. The number of hydrogen-bond donors (Lipinski definition) is 2. The summed E-state index contributed by atoms with van der Waals surface area (Å²) in [5.41, 5.74) is -4.29. The lowest BCUT2D eigenvalue weighted by Crippen LogP contribution is -2.61. The molecule has 10 heteroatoms. The Bertz CT molecular complexity index is 962. The molecule has 7 atom stereocenters. The molecular formula is C19H17F3N2O5. The minimum atomic E-state index is -4.77. The molecule has 0 aliphatic carbocycles. The topological polar surface area (TPSA) is 103 Å². The first-order chi connectivity index (χ1) is 13.6. The third-order valence-electron chi connectivity index (χ3n) is 6.89. The Morgan fingerprint density at radius 3 is 2.69 bits per heavy atom. The largest absolute Gasteiger partial charge is 0.417 e. The number of fused-ring (bicyclic) bond motifs is 2. The van der Waals surface area contributed by atoms with Crippen molar-refractivity contribution in [3.05, 3.63) is 29.3 Å². The zero-order chi connectivity index (χ0) is 20.9. The molecule has 0 aromatic heterocycles. The quantitative estimate of drug-likeness (QED) is 0.721. The van der Waals surface area contributed by atoms with Crippen molar-refractivity contribution in [2.75, 3.05) is 11.5 Å². The number of ether oxygens (including phenoxy) is 2. The van der Waals surface area contributed by atoms with E-state index in [-0.39, 0.29) is 18.7 Å². The Morgan fingerprint density at radius 2 is 2.03 bits per heavy atom. The van der Waals surface area contributed by atoms with E-state index in [2.05, 4.69) is 0 Å². The Hall–Kier alpha value is -2.19. The number of nitriles is 1. The zero-order valence-corrected chi connectivity index (χ0v) is 15.2. The van der Waals surface area contributed by atoms with Crippen LogP contribution < -0.4 is 4.90 Å². The van der Waals surface area contributed by atoms with Crippen LogP contribution >= 0.6 is 0 Å². The molecule has 5 rings (SSSR count). The summed E-state index contributed by atoms with van der Waals surface area (Å²) in [5, 5.41) is 30.1. The molecule has 4 aliphatic heterocycles. The standard InChI is InChI=1S/C19H17F3N2O5/c1-17-11-12-16(28-5-4-18(12,29-17)14(26)13(17)25)24(15(11)27)9-3-2-8(7-23)10(6-9)19(20,21)22/h2-3,6,11-14,16,25-26H,4-5H2,1H3/t11-,12+,13-,14+,16+,17?,18?/m1/s1. The van der Waals surface area contributed by atoms with Crippen molar-refractivity contribution in [3.63, 3.8) is 0 Å². The molecule has 0 saturated carbocycles. The molecule has 1 spiro atoms. The van der Waals surface area contributed by atoms with Crippen LogP contribution in [0.5, 0.6) is 0 Å². The minimum absolute atomic E-state index is 0.0512. The summed E-state index contributed by atoms with van der Waals surface area (Å²) in [6.45, 7) is 1.65. The number of nitrogens with zero attached hydrogens (tertiary/aromatic N) is 2. The molecule has 154 valence electrons. The number of halogens is 3. The van der Waals surface area contributed by atoms with Gasteiger partial charge in [-0.15, -0.1) is 0 Å². The van der Waals surface area contributed by atoms with Crippen molar-refractivity contribution in [1.29, 1.82) is 5.26 Å². The summed E-state index contributed by atoms with van der Waals surface area (Å²) in [6.07, 6.45) is -7.95. The molecular weight excluding hydrogens is 393 g/mol. The van der Waals surface area contributed by atoms with Gasteiger partial charge in [-0.2, -0.15) is 18.4 Å². The molecule has 4 saturated heterocycles. The zero-order valence-electron chi connectivity index (χ0n) is 15.2. The maximum atomic E-state index is 13.4. The average Bonchev–Trinajstić information content (AvgIpc) is 3.20. The van der Waals surface area contributed by atoms with E-state index in [9.17, 15) is 28.2 Å². The van der Waals surface area contributed by atoms with Gasteiger partial charge in [0.05, 0.1) is 35.6 Å². The first-order valence-corrected chi connectivity index (χ1v) is 9.18. The number of benzene rings is 1. The highest BCUT2D eigenvalue weighted by Crippen LogP contribution is 2.65. The fourth-order valence-corrected chi connectivity index (χ4v) is 5.67. The van der Waals surface area contributed by atoms with Crippen LogP contribution in [0.4, 0.5) is 18.9 Å². The van der Waals surface area contributed by atoms with Crippen molar-refractivity contribution in [2.45, 2.75) is 49.2 Å². The minimum Gasteiger partial charge on any atom is -0.387 e. The highest BCUT2D eigenvalue weighted by atomic mass is 19.4. The summed E-state index contributed by atoms with van der Waals surface area (Å²) >= 11 is 0. The van der Waals surface area contributed by atoms with Gasteiger partial charge in [0.25, 0.3) is 0 Å². The van der Waals surface area contributed by atoms with Crippen LogP contribution in [0.1, 0.15) is 24.5 Å². The number of hydrogen-bond acceptors (Lipinski definition) is 6. The van der Waals surface area contributed by atoms with Crippen LogP contribution in [-0.4, -0.2) is 52.4 Å². The Balaban J connectivity index is 1.64. The van der Waals surface area contributed by atoms with Gasteiger partial charge in [0, 0.05) is 12.1 Å². The Labute approximate surface area is 163 Å². The third kappa shape index (κ3) is 2.08. The maximum absolute atomic E-state index is 13.4.